The molecule has 2 aromatic rings. The molecule has 1 aliphatic heterocycles. The van der Waals surface area contributed by atoms with Gasteiger partial charge in [0.1, 0.15) is 0 Å². The van der Waals surface area contributed by atoms with Crippen LogP contribution in [-0.2, 0) is 20.9 Å². The van der Waals surface area contributed by atoms with Gasteiger partial charge in [0.25, 0.3) is 15.9 Å². The quantitative estimate of drug-likeness (QED) is 0.618. The average molecular weight is 512 g/mol. The third-order valence-corrected chi connectivity index (χ3v) is 6.75. The van der Waals surface area contributed by atoms with Crippen molar-refractivity contribution >= 4 is 44.8 Å². The number of hydrogen-bond acceptors (Lipinski definition) is 5. The van der Waals surface area contributed by atoms with E-state index in [4.69, 9.17) is 27.9 Å². The number of alkyl halides is 3. The molecule has 32 heavy (non-hydrogen) atoms. The van der Waals surface area contributed by atoms with E-state index in [-0.39, 0.29) is 22.4 Å². The first-order valence-corrected chi connectivity index (χ1v) is 11.5. The number of nitrogens with zero attached hydrogens (tertiary/aromatic N) is 2. The molecule has 174 valence electrons. The molecular weight excluding hydrogens is 494 g/mol. The van der Waals surface area contributed by atoms with Gasteiger partial charge in [-0.05, 0) is 37.1 Å². The predicted molar refractivity (Wildman–Crippen MR) is 112 cm³/mol. The second-order valence-electron chi connectivity index (χ2n) is 7.04. The van der Waals surface area contributed by atoms with Crippen LogP contribution < -0.4 is 4.72 Å². The fraction of sp³-hybridized carbons (Fsp3) is 0.368. The summed E-state index contributed by atoms with van der Waals surface area (Å²) < 4.78 is 72.4. The summed E-state index contributed by atoms with van der Waals surface area (Å²) >= 11 is 11.5. The van der Waals surface area contributed by atoms with Gasteiger partial charge in [0.15, 0.2) is 5.69 Å². The lowest BCUT2D eigenvalue weighted by Crippen LogP contribution is -2.39. The van der Waals surface area contributed by atoms with E-state index in [0.717, 1.165) is 18.6 Å². The molecule has 0 radical (unpaired) electrons. The SMILES string of the molecule is COC[C@H]1CCCN1C(=O)c1ncc(Cl)cc1NS(=O)(=O)c1ccc(Cl)c(C(F)(F)F)c1. The predicted octanol–water partition coefficient (Wildman–Crippen LogP) is 4.46. The topological polar surface area (TPSA) is 88.6 Å². The Kier molecular flexibility index (Phi) is 7.23. The van der Waals surface area contributed by atoms with Crippen LogP contribution in [-0.4, -0.2) is 50.5 Å². The Hall–Kier alpha value is -2.08. The number of likely N-dealkylation sites (tertiary alicyclic amines) is 1. The Morgan fingerprint density at radius 2 is 2.03 bits per heavy atom. The summed E-state index contributed by atoms with van der Waals surface area (Å²) in [5.74, 6) is -0.550. The zero-order valence-electron chi connectivity index (χ0n) is 16.6. The van der Waals surface area contributed by atoms with E-state index in [1.807, 2.05) is 0 Å². The van der Waals surface area contributed by atoms with Gasteiger partial charge in [-0.2, -0.15) is 13.2 Å². The van der Waals surface area contributed by atoms with Gasteiger partial charge in [0.05, 0.1) is 38.8 Å². The largest absolute Gasteiger partial charge is 0.417 e. The summed E-state index contributed by atoms with van der Waals surface area (Å²) in [5.41, 5.74) is -1.79. The van der Waals surface area contributed by atoms with Crippen molar-refractivity contribution in [3.05, 3.63) is 51.8 Å². The van der Waals surface area contributed by atoms with Crippen LogP contribution >= 0.6 is 23.2 Å². The maximum atomic E-state index is 13.2. The van der Waals surface area contributed by atoms with Crippen molar-refractivity contribution in [1.82, 2.24) is 9.88 Å². The third kappa shape index (κ3) is 5.28. The molecule has 0 aliphatic carbocycles. The van der Waals surface area contributed by atoms with Gasteiger partial charge < -0.3 is 9.64 Å². The first kappa shape index (κ1) is 24.6. The number of nitrogens with one attached hydrogen (secondary N) is 1. The number of amides is 1. The van der Waals surface area contributed by atoms with Crippen LogP contribution in [0.2, 0.25) is 10.0 Å². The number of halogens is 5. The summed E-state index contributed by atoms with van der Waals surface area (Å²) in [7, 11) is -3.03. The van der Waals surface area contributed by atoms with Gasteiger partial charge in [-0.15, -0.1) is 0 Å². The zero-order valence-corrected chi connectivity index (χ0v) is 18.9. The molecule has 1 aliphatic rings. The van der Waals surface area contributed by atoms with Crippen molar-refractivity contribution in [3.63, 3.8) is 0 Å². The van der Waals surface area contributed by atoms with Crippen molar-refractivity contribution < 1.29 is 31.1 Å². The number of ether oxygens (including phenoxy) is 1. The number of sulfonamides is 1. The fourth-order valence-electron chi connectivity index (χ4n) is 3.38. The number of methoxy groups -OCH3 is 1. The summed E-state index contributed by atoms with van der Waals surface area (Å²) in [4.78, 5) is 17.9. The molecule has 1 saturated heterocycles. The Balaban J connectivity index is 1.97. The molecule has 1 amide bonds. The molecule has 0 saturated carbocycles. The smallest absolute Gasteiger partial charge is 0.383 e. The second-order valence-corrected chi connectivity index (χ2v) is 9.57. The molecule has 1 aromatic carbocycles. The van der Waals surface area contributed by atoms with Crippen molar-refractivity contribution in [1.29, 1.82) is 0 Å². The van der Waals surface area contributed by atoms with E-state index in [1.165, 1.54) is 24.3 Å². The van der Waals surface area contributed by atoms with Gasteiger partial charge in [-0.1, -0.05) is 23.2 Å². The van der Waals surface area contributed by atoms with E-state index in [9.17, 15) is 26.4 Å². The number of pyridine rings is 1. The number of benzene rings is 1. The van der Waals surface area contributed by atoms with Crippen molar-refractivity contribution in [2.75, 3.05) is 25.0 Å². The van der Waals surface area contributed by atoms with E-state index < -0.39 is 37.6 Å². The standard InChI is InChI=1S/C19H18Cl2F3N3O4S/c1-31-10-12-3-2-6-27(12)18(28)17-16(7-11(20)9-25-17)26-32(29,30)13-4-5-15(21)14(8-13)19(22,23)24/h4-5,7-9,12,26H,2-3,6,10H2,1H3/t12-/m1/s1. The highest BCUT2D eigenvalue weighted by Crippen LogP contribution is 2.36. The van der Waals surface area contributed by atoms with Crippen LogP contribution in [0.1, 0.15) is 28.9 Å². The first-order chi connectivity index (χ1) is 14.9. The lowest BCUT2D eigenvalue weighted by atomic mass is 10.2. The Labute approximate surface area is 192 Å². The number of carbonyl (C=O) groups is 1. The van der Waals surface area contributed by atoms with Crippen LogP contribution in [0.5, 0.6) is 0 Å². The maximum absolute atomic E-state index is 13.2. The van der Waals surface area contributed by atoms with Gasteiger partial charge in [0, 0.05) is 19.9 Å². The molecule has 7 nitrogen and oxygen atoms in total. The molecular formula is C19H18Cl2F3N3O4S. The molecule has 0 spiro atoms. The molecule has 1 atom stereocenters. The third-order valence-electron chi connectivity index (χ3n) is 4.85. The number of hydrogen-bond donors (Lipinski definition) is 1. The minimum Gasteiger partial charge on any atom is -0.383 e. The summed E-state index contributed by atoms with van der Waals surface area (Å²) in [6.07, 6.45) is -2.23. The number of anilines is 1. The highest BCUT2D eigenvalue weighted by atomic mass is 35.5. The van der Waals surface area contributed by atoms with E-state index in [1.54, 1.807) is 0 Å². The zero-order chi connectivity index (χ0) is 23.7. The van der Waals surface area contributed by atoms with Gasteiger partial charge in [-0.25, -0.2) is 13.4 Å². The van der Waals surface area contributed by atoms with Crippen LogP contribution in [0, 0.1) is 0 Å². The lowest BCUT2D eigenvalue weighted by molar-refractivity contribution is -0.137. The van der Waals surface area contributed by atoms with Crippen LogP contribution in [0.15, 0.2) is 35.4 Å². The van der Waals surface area contributed by atoms with Gasteiger partial charge in [-0.3, -0.25) is 9.52 Å². The van der Waals surface area contributed by atoms with Crippen LogP contribution in [0.4, 0.5) is 18.9 Å². The van der Waals surface area contributed by atoms with Gasteiger partial charge in [0.2, 0.25) is 0 Å². The van der Waals surface area contributed by atoms with Crippen molar-refractivity contribution in [3.8, 4) is 0 Å². The Bertz CT molecular complexity index is 1130. The summed E-state index contributed by atoms with van der Waals surface area (Å²) in [6, 6.07) is 3.13. The minimum atomic E-state index is -4.85. The highest BCUT2D eigenvalue weighted by molar-refractivity contribution is 7.92. The Morgan fingerprint density at radius 3 is 2.69 bits per heavy atom. The second kappa shape index (κ2) is 9.42. The summed E-state index contributed by atoms with van der Waals surface area (Å²) in [6.45, 7) is 0.723. The number of aromatic nitrogens is 1. The van der Waals surface area contributed by atoms with Gasteiger partial charge >= 0.3 is 6.18 Å². The highest BCUT2D eigenvalue weighted by Gasteiger charge is 2.35. The summed E-state index contributed by atoms with van der Waals surface area (Å²) in [5, 5.41) is -0.615. The van der Waals surface area contributed by atoms with Crippen LogP contribution in [0.25, 0.3) is 0 Å². The normalized spacial score (nSPS) is 16.9. The molecule has 0 bridgehead atoms. The van der Waals surface area contributed by atoms with Crippen molar-refractivity contribution in [2.24, 2.45) is 0 Å². The van der Waals surface area contributed by atoms with E-state index >= 15 is 0 Å². The first-order valence-electron chi connectivity index (χ1n) is 9.29. The maximum Gasteiger partial charge on any atom is 0.417 e. The molecule has 1 fully saturated rings. The molecule has 3 rings (SSSR count). The minimum absolute atomic E-state index is 0.0289. The molecule has 0 unspecified atom stereocenters. The average Bonchev–Trinajstić information content (AvgIpc) is 3.15. The fourth-order valence-corrected chi connectivity index (χ4v) is 4.85. The molecule has 13 heteroatoms. The lowest BCUT2D eigenvalue weighted by Gasteiger charge is -2.24. The van der Waals surface area contributed by atoms with E-state index in [2.05, 4.69) is 9.71 Å². The monoisotopic (exact) mass is 511 g/mol. The van der Waals surface area contributed by atoms with E-state index in [0.29, 0.717) is 25.6 Å². The number of carbonyl (C=O) groups excluding carboxylic acids is 1. The van der Waals surface area contributed by atoms with Crippen LogP contribution in [0.3, 0.4) is 0 Å². The molecule has 1 aromatic heterocycles. The molecule has 1 N–H and O–H groups in total. The Morgan fingerprint density at radius 1 is 1.31 bits per heavy atom. The number of rotatable bonds is 6. The molecule has 2 heterocycles. The van der Waals surface area contributed by atoms with Crippen molar-refractivity contribution in [2.45, 2.75) is 30.0 Å².